The number of carbonyl (C=O) groups is 2. The van der Waals surface area contributed by atoms with Crippen LogP contribution in [-0.4, -0.2) is 27.0 Å². The van der Waals surface area contributed by atoms with Crippen molar-refractivity contribution in [3.05, 3.63) is 53.1 Å². The van der Waals surface area contributed by atoms with Gasteiger partial charge < -0.3 is 10.4 Å². The average molecular weight is 278 g/mol. The van der Waals surface area contributed by atoms with Crippen LogP contribution in [0.2, 0.25) is 5.15 Å². The molecule has 0 saturated heterocycles. The normalized spacial score (nSPS) is 9.95. The van der Waals surface area contributed by atoms with Crippen molar-refractivity contribution in [3.63, 3.8) is 0 Å². The van der Waals surface area contributed by atoms with Crippen LogP contribution >= 0.6 is 11.6 Å². The minimum Gasteiger partial charge on any atom is -0.478 e. The monoisotopic (exact) mass is 277 g/mol. The van der Waals surface area contributed by atoms with E-state index >= 15 is 0 Å². The number of nitrogens with one attached hydrogen (secondary N) is 1. The number of nitrogens with zero attached hydrogens (tertiary/aromatic N) is 2. The maximum absolute atomic E-state index is 11.9. The quantitative estimate of drug-likeness (QED) is 0.838. The third-order valence-electron chi connectivity index (χ3n) is 2.29. The lowest BCUT2D eigenvalue weighted by atomic mass is 10.2. The van der Waals surface area contributed by atoms with Gasteiger partial charge in [0.05, 0.1) is 23.0 Å². The van der Waals surface area contributed by atoms with Crippen molar-refractivity contribution in [1.82, 2.24) is 9.97 Å². The van der Waals surface area contributed by atoms with Gasteiger partial charge in [-0.15, -0.1) is 0 Å². The molecule has 1 amide bonds. The van der Waals surface area contributed by atoms with Crippen molar-refractivity contribution >= 4 is 29.2 Å². The topological polar surface area (TPSA) is 92.2 Å². The highest BCUT2D eigenvalue weighted by Gasteiger charge is 2.13. The maximum atomic E-state index is 11.9. The smallest absolute Gasteiger partial charge is 0.337 e. The minimum absolute atomic E-state index is 0.0368. The van der Waals surface area contributed by atoms with Crippen LogP contribution in [0.3, 0.4) is 0 Å². The van der Waals surface area contributed by atoms with Gasteiger partial charge in [-0.25, -0.2) is 9.78 Å². The van der Waals surface area contributed by atoms with E-state index in [2.05, 4.69) is 15.3 Å². The molecule has 2 N–H and O–H groups in total. The molecule has 96 valence electrons. The molecular formula is C12H8ClN3O3. The van der Waals surface area contributed by atoms with Crippen molar-refractivity contribution < 1.29 is 14.7 Å². The molecule has 0 unspecified atom stereocenters. The van der Waals surface area contributed by atoms with Gasteiger partial charge in [-0.05, 0) is 18.2 Å². The molecule has 19 heavy (non-hydrogen) atoms. The predicted octanol–water partition coefficient (Wildman–Crippen LogP) is 2.08. The van der Waals surface area contributed by atoms with Gasteiger partial charge in [0.25, 0.3) is 5.91 Å². The van der Waals surface area contributed by atoms with Gasteiger partial charge in [-0.3, -0.25) is 9.78 Å². The maximum Gasteiger partial charge on any atom is 0.337 e. The largest absolute Gasteiger partial charge is 0.478 e. The molecule has 0 aliphatic rings. The number of amides is 1. The van der Waals surface area contributed by atoms with Crippen LogP contribution < -0.4 is 5.32 Å². The summed E-state index contributed by atoms with van der Waals surface area (Å²) in [7, 11) is 0. The third-order valence-corrected chi connectivity index (χ3v) is 2.51. The number of rotatable bonds is 3. The van der Waals surface area contributed by atoms with E-state index in [1.165, 1.54) is 36.8 Å². The van der Waals surface area contributed by atoms with E-state index in [1.54, 1.807) is 0 Å². The van der Waals surface area contributed by atoms with E-state index in [0.29, 0.717) is 0 Å². The lowest BCUT2D eigenvalue weighted by Crippen LogP contribution is -2.15. The summed E-state index contributed by atoms with van der Waals surface area (Å²) in [6, 6.07) is 4.26. The SMILES string of the molecule is O=C(Nc1cnccc1C(=O)O)c1ccc(Cl)nc1. The fraction of sp³-hybridized carbons (Fsp3) is 0. The molecule has 6 nitrogen and oxygen atoms in total. The molecule has 0 radical (unpaired) electrons. The van der Waals surface area contributed by atoms with Crippen molar-refractivity contribution in [1.29, 1.82) is 0 Å². The molecule has 0 saturated carbocycles. The van der Waals surface area contributed by atoms with Crippen molar-refractivity contribution in [2.24, 2.45) is 0 Å². The first-order chi connectivity index (χ1) is 9.08. The zero-order chi connectivity index (χ0) is 13.8. The number of aromatic carboxylic acids is 1. The van der Waals surface area contributed by atoms with Crippen molar-refractivity contribution in [2.45, 2.75) is 0 Å². The molecule has 7 heteroatoms. The molecule has 0 fully saturated rings. The first kappa shape index (κ1) is 13.0. The molecule has 0 aliphatic carbocycles. The number of carboxylic acid groups (broad SMARTS) is 1. The highest BCUT2D eigenvalue weighted by Crippen LogP contribution is 2.15. The first-order valence-electron chi connectivity index (χ1n) is 5.18. The van der Waals surface area contributed by atoms with Gasteiger partial charge in [-0.1, -0.05) is 11.6 Å². The molecule has 2 aromatic rings. The van der Waals surface area contributed by atoms with E-state index in [9.17, 15) is 9.59 Å². The van der Waals surface area contributed by atoms with Crippen molar-refractivity contribution in [2.75, 3.05) is 5.32 Å². The summed E-state index contributed by atoms with van der Waals surface area (Å²) in [6.45, 7) is 0. The van der Waals surface area contributed by atoms with Gasteiger partial charge in [0.1, 0.15) is 5.15 Å². The van der Waals surface area contributed by atoms with E-state index in [4.69, 9.17) is 16.7 Å². The molecule has 2 heterocycles. The van der Waals surface area contributed by atoms with Crippen LogP contribution in [0.4, 0.5) is 5.69 Å². The Morgan fingerprint density at radius 1 is 1.21 bits per heavy atom. The summed E-state index contributed by atoms with van der Waals surface area (Å²) >= 11 is 5.61. The predicted molar refractivity (Wildman–Crippen MR) is 68.4 cm³/mol. The molecule has 2 rings (SSSR count). The Labute approximate surface area is 113 Å². The Hall–Kier alpha value is -2.47. The van der Waals surface area contributed by atoms with Gasteiger partial charge in [0.2, 0.25) is 0 Å². The molecule has 0 spiro atoms. The number of pyridine rings is 2. The summed E-state index contributed by atoms with van der Waals surface area (Å²) in [4.78, 5) is 30.4. The summed E-state index contributed by atoms with van der Waals surface area (Å²) < 4.78 is 0. The Morgan fingerprint density at radius 3 is 2.63 bits per heavy atom. The molecule has 0 aliphatic heterocycles. The third kappa shape index (κ3) is 3.05. The molecule has 2 aromatic heterocycles. The number of hydrogen-bond acceptors (Lipinski definition) is 4. The first-order valence-corrected chi connectivity index (χ1v) is 5.56. The second kappa shape index (κ2) is 5.45. The summed E-state index contributed by atoms with van der Waals surface area (Å²) in [5, 5.41) is 11.7. The highest BCUT2D eigenvalue weighted by molar-refractivity contribution is 6.29. The van der Waals surface area contributed by atoms with Crippen LogP contribution in [0.15, 0.2) is 36.8 Å². The van der Waals surface area contributed by atoms with Crippen LogP contribution in [-0.2, 0) is 0 Å². The van der Waals surface area contributed by atoms with E-state index < -0.39 is 11.9 Å². The zero-order valence-corrected chi connectivity index (χ0v) is 10.3. The van der Waals surface area contributed by atoms with Gasteiger partial charge in [0.15, 0.2) is 0 Å². The Bertz CT molecular complexity index is 628. The fourth-order valence-corrected chi connectivity index (χ4v) is 1.50. The molecule has 0 bridgehead atoms. The Morgan fingerprint density at radius 2 is 2.00 bits per heavy atom. The zero-order valence-electron chi connectivity index (χ0n) is 9.50. The molecule has 0 atom stereocenters. The number of anilines is 1. The molecular weight excluding hydrogens is 270 g/mol. The minimum atomic E-state index is -1.15. The van der Waals surface area contributed by atoms with Crippen LogP contribution in [0.5, 0.6) is 0 Å². The average Bonchev–Trinajstić information content (AvgIpc) is 2.39. The van der Waals surface area contributed by atoms with Crippen LogP contribution in [0, 0.1) is 0 Å². The summed E-state index contributed by atoms with van der Waals surface area (Å²) in [5.74, 6) is -1.63. The van der Waals surface area contributed by atoms with Gasteiger partial charge in [0, 0.05) is 12.4 Å². The number of halogens is 1. The summed E-state index contributed by atoms with van der Waals surface area (Å²) in [6.07, 6.45) is 3.90. The molecule has 0 aromatic carbocycles. The van der Waals surface area contributed by atoms with Gasteiger partial charge >= 0.3 is 5.97 Å². The standard InChI is InChI=1S/C12H8ClN3O3/c13-10-2-1-7(5-15-10)11(17)16-9-6-14-4-3-8(9)12(18)19/h1-6H,(H,16,17)(H,18,19). The summed E-state index contributed by atoms with van der Waals surface area (Å²) in [5.41, 5.74) is 0.352. The lowest BCUT2D eigenvalue weighted by Gasteiger charge is -2.07. The van der Waals surface area contributed by atoms with E-state index in [1.807, 2.05) is 0 Å². The number of aromatic nitrogens is 2. The van der Waals surface area contributed by atoms with E-state index in [0.717, 1.165) is 0 Å². The number of hydrogen-bond donors (Lipinski definition) is 2. The Balaban J connectivity index is 2.24. The fourth-order valence-electron chi connectivity index (χ4n) is 1.39. The van der Waals surface area contributed by atoms with Crippen LogP contribution in [0.1, 0.15) is 20.7 Å². The highest BCUT2D eigenvalue weighted by atomic mass is 35.5. The Kier molecular flexibility index (Phi) is 3.72. The number of carbonyl (C=O) groups excluding carboxylic acids is 1. The second-order valence-electron chi connectivity index (χ2n) is 3.55. The van der Waals surface area contributed by atoms with Gasteiger partial charge in [-0.2, -0.15) is 0 Å². The lowest BCUT2D eigenvalue weighted by molar-refractivity contribution is 0.0698. The second-order valence-corrected chi connectivity index (χ2v) is 3.94. The number of carboxylic acids is 1. The van der Waals surface area contributed by atoms with E-state index in [-0.39, 0.29) is 22.0 Å². The van der Waals surface area contributed by atoms with Crippen LogP contribution in [0.25, 0.3) is 0 Å². The van der Waals surface area contributed by atoms with Crippen molar-refractivity contribution in [3.8, 4) is 0 Å².